The Labute approximate surface area is 108 Å². The van der Waals surface area contributed by atoms with E-state index in [1.165, 1.54) is 5.56 Å². The minimum Gasteiger partial charge on any atom is -0.491 e. The van der Waals surface area contributed by atoms with Gasteiger partial charge in [0.05, 0.1) is 6.54 Å². The molecule has 0 heterocycles. The van der Waals surface area contributed by atoms with Gasteiger partial charge in [-0.25, -0.2) is 4.79 Å². The van der Waals surface area contributed by atoms with E-state index >= 15 is 0 Å². The highest BCUT2D eigenvalue weighted by Crippen LogP contribution is 2.18. The molecule has 1 saturated carbocycles. The van der Waals surface area contributed by atoms with Crippen LogP contribution in [0.25, 0.3) is 0 Å². The van der Waals surface area contributed by atoms with Gasteiger partial charge in [-0.2, -0.15) is 0 Å². The minimum atomic E-state index is -0.0927. The van der Waals surface area contributed by atoms with Gasteiger partial charge in [-0.3, -0.25) is 0 Å². The van der Waals surface area contributed by atoms with E-state index in [4.69, 9.17) is 4.74 Å². The molecule has 98 valence electrons. The lowest BCUT2D eigenvalue weighted by Crippen LogP contribution is -2.38. The number of aryl methyl sites for hydroxylation is 1. The number of carbonyl (C=O) groups excluding carboxylic acids is 1. The van der Waals surface area contributed by atoms with Gasteiger partial charge >= 0.3 is 6.03 Å². The molecule has 0 aromatic heterocycles. The Morgan fingerprint density at radius 3 is 2.89 bits per heavy atom. The number of carbonyl (C=O) groups is 1. The van der Waals surface area contributed by atoms with Crippen molar-refractivity contribution in [2.24, 2.45) is 0 Å². The van der Waals surface area contributed by atoms with Crippen LogP contribution in [0.15, 0.2) is 24.3 Å². The molecule has 4 nitrogen and oxygen atoms in total. The Morgan fingerprint density at radius 1 is 1.39 bits per heavy atom. The maximum absolute atomic E-state index is 11.4. The third kappa shape index (κ3) is 3.95. The third-order valence-electron chi connectivity index (χ3n) is 2.91. The number of hydrogen-bond acceptors (Lipinski definition) is 2. The summed E-state index contributed by atoms with van der Waals surface area (Å²) in [5, 5.41) is 5.66. The fourth-order valence-electron chi connectivity index (χ4n) is 1.73. The lowest BCUT2D eigenvalue weighted by atomic mass is 10.1. The van der Waals surface area contributed by atoms with Crippen LogP contribution in [0.2, 0.25) is 0 Å². The van der Waals surface area contributed by atoms with Crippen LogP contribution in [0, 0.1) is 0 Å². The van der Waals surface area contributed by atoms with Crippen LogP contribution in [0.4, 0.5) is 4.79 Å². The molecule has 0 radical (unpaired) electrons. The van der Waals surface area contributed by atoms with E-state index < -0.39 is 0 Å². The Morgan fingerprint density at radius 2 is 2.17 bits per heavy atom. The molecular weight excluding hydrogens is 228 g/mol. The molecule has 2 N–H and O–H groups in total. The highest BCUT2D eigenvalue weighted by atomic mass is 16.5. The van der Waals surface area contributed by atoms with Crippen molar-refractivity contribution in [3.05, 3.63) is 29.8 Å². The van der Waals surface area contributed by atoms with E-state index in [9.17, 15) is 4.79 Å². The molecule has 2 rings (SSSR count). The van der Waals surface area contributed by atoms with Crippen LogP contribution in [-0.2, 0) is 6.42 Å². The van der Waals surface area contributed by atoms with Gasteiger partial charge in [-0.1, -0.05) is 25.1 Å². The van der Waals surface area contributed by atoms with Crippen LogP contribution < -0.4 is 15.4 Å². The highest BCUT2D eigenvalue weighted by Gasteiger charge is 2.22. The monoisotopic (exact) mass is 248 g/mol. The average Bonchev–Trinajstić information content (AvgIpc) is 3.19. The highest BCUT2D eigenvalue weighted by molar-refractivity contribution is 5.74. The van der Waals surface area contributed by atoms with E-state index in [1.54, 1.807) is 0 Å². The van der Waals surface area contributed by atoms with Crippen LogP contribution in [-0.4, -0.2) is 25.2 Å². The number of urea groups is 1. The van der Waals surface area contributed by atoms with Gasteiger partial charge in [0.1, 0.15) is 12.4 Å². The smallest absolute Gasteiger partial charge is 0.315 e. The number of amides is 2. The normalized spacial score (nSPS) is 14.1. The molecule has 1 fully saturated rings. The molecule has 0 spiro atoms. The van der Waals surface area contributed by atoms with Crippen LogP contribution in [0.3, 0.4) is 0 Å². The molecule has 1 aromatic carbocycles. The quantitative estimate of drug-likeness (QED) is 0.757. The van der Waals surface area contributed by atoms with Gasteiger partial charge in [0.15, 0.2) is 0 Å². The van der Waals surface area contributed by atoms with Gasteiger partial charge in [0.25, 0.3) is 0 Å². The Bertz CT molecular complexity index is 403. The topological polar surface area (TPSA) is 50.4 Å². The van der Waals surface area contributed by atoms with Crippen molar-refractivity contribution in [3.8, 4) is 5.75 Å². The molecule has 4 heteroatoms. The van der Waals surface area contributed by atoms with Gasteiger partial charge in [0, 0.05) is 6.04 Å². The van der Waals surface area contributed by atoms with Crippen LogP contribution >= 0.6 is 0 Å². The molecule has 0 aliphatic heterocycles. The first-order valence-corrected chi connectivity index (χ1v) is 6.54. The second-order valence-electron chi connectivity index (χ2n) is 4.48. The Kier molecular flexibility index (Phi) is 4.45. The molecule has 1 aliphatic rings. The van der Waals surface area contributed by atoms with Crippen molar-refractivity contribution in [1.29, 1.82) is 0 Å². The van der Waals surface area contributed by atoms with Crippen molar-refractivity contribution in [1.82, 2.24) is 10.6 Å². The lowest BCUT2D eigenvalue weighted by Gasteiger charge is -2.11. The zero-order valence-electron chi connectivity index (χ0n) is 10.7. The lowest BCUT2D eigenvalue weighted by molar-refractivity contribution is 0.236. The molecule has 0 atom stereocenters. The summed E-state index contributed by atoms with van der Waals surface area (Å²) in [7, 11) is 0. The van der Waals surface area contributed by atoms with Crippen molar-refractivity contribution in [3.63, 3.8) is 0 Å². The Balaban J connectivity index is 1.66. The fraction of sp³-hybridized carbons (Fsp3) is 0.500. The molecule has 1 aliphatic carbocycles. The van der Waals surface area contributed by atoms with Crippen molar-refractivity contribution < 1.29 is 9.53 Å². The molecule has 2 amide bonds. The number of rotatable bonds is 6. The number of para-hydroxylation sites is 1. The molecular formula is C14H20N2O2. The summed E-state index contributed by atoms with van der Waals surface area (Å²) in [6.07, 6.45) is 3.16. The number of benzene rings is 1. The maximum atomic E-state index is 11.4. The zero-order chi connectivity index (χ0) is 12.8. The predicted molar refractivity (Wildman–Crippen MR) is 70.9 cm³/mol. The van der Waals surface area contributed by atoms with Gasteiger partial charge in [-0.15, -0.1) is 0 Å². The van der Waals surface area contributed by atoms with Gasteiger partial charge in [-0.05, 0) is 30.9 Å². The second-order valence-corrected chi connectivity index (χ2v) is 4.48. The first-order valence-electron chi connectivity index (χ1n) is 6.54. The molecule has 0 unspecified atom stereocenters. The summed E-state index contributed by atoms with van der Waals surface area (Å²) in [5.41, 5.74) is 1.19. The summed E-state index contributed by atoms with van der Waals surface area (Å²) >= 11 is 0. The SMILES string of the molecule is CCc1ccccc1OCCNC(=O)NC1CC1. The van der Waals surface area contributed by atoms with Crippen molar-refractivity contribution in [2.75, 3.05) is 13.2 Å². The van der Waals surface area contributed by atoms with Gasteiger partial charge in [0.2, 0.25) is 0 Å². The van der Waals surface area contributed by atoms with E-state index in [0.29, 0.717) is 19.2 Å². The summed E-state index contributed by atoms with van der Waals surface area (Å²) in [5.74, 6) is 0.907. The minimum absolute atomic E-state index is 0.0927. The first kappa shape index (κ1) is 12.7. The summed E-state index contributed by atoms with van der Waals surface area (Å²) < 4.78 is 5.66. The summed E-state index contributed by atoms with van der Waals surface area (Å²) in [6.45, 7) is 3.12. The van der Waals surface area contributed by atoms with E-state index in [-0.39, 0.29) is 6.03 Å². The predicted octanol–water partition coefficient (Wildman–Crippen LogP) is 2.09. The molecule has 18 heavy (non-hydrogen) atoms. The summed E-state index contributed by atoms with van der Waals surface area (Å²) in [6, 6.07) is 8.29. The fourth-order valence-corrected chi connectivity index (χ4v) is 1.73. The standard InChI is InChI=1S/C14H20N2O2/c1-2-11-5-3-4-6-13(11)18-10-9-15-14(17)16-12-7-8-12/h3-6,12H,2,7-10H2,1H3,(H2,15,16,17). The van der Waals surface area contributed by atoms with Crippen molar-refractivity contribution in [2.45, 2.75) is 32.2 Å². The summed E-state index contributed by atoms with van der Waals surface area (Å²) in [4.78, 5) is 11.4. The first-order chi connectivity index (χ1) is 8.79. The molecule has 0 saturated heterocycles. The third-order valence-corrected chi connectivity index (χ3v) is 2.91. The second kappa shape index (κ2) is 6.28. The van der Waals surface area contributed by atoms with E-state index in [2.05, 4.69) is 23.6 Å². The van der Waals surface area contributed by atoms with Gasteiger partial charge < -0.3 is 15.4 Å². The molecule has 1 aromatic rings. The Hall–Kier alpha value is -1.71. The van der Waals surface area contributed by atoms with Crippen LogP contribution in [0.1, 0.15) is 25.3 Å². The number of nitrogens with one attached hydrogen (secondary N) is 2. The number of hydrogen-bond donors (Lipinski definition) is 2. The maximum Gasteiger partial charge on any atom is 0.315 e. The largest absolute Gasteiger partial charge is 0.491 e. The van der Waals surface area contributed by atoms with E-state index in [1.807, 2.05) is 18.2 Å². The average molecular weight is 248 g/mol. The zero-order valence-corrected chi connectivity index (χ0v) is 10.7. The van der Waals surface area contributed by atoms with Crippen LogP contribution in [0.5, 0.6) is 5.75 Å². The number of ether oxygens (including phenoxy) is 1. The van der Waals surface area contributed by atoms with Crippen molar-refractivity contribution >= 4 is 6.03 Å². The van der Waals surface area contributed by atoms with E-state index in [0.717, 1.165) is 25.0 Å². The molecule has 0 bridgehead atoms.